The molecular formula is C19H25FN4O. The summed E-state index contributed by atoms with van der Waals surface area (Å²) in [6.45, 7) is 7.85. The monoisotopic (exact) mass is 344 g/mol. The van der Waals surface area contributed by atoms with Crippen molar-refractivity contribution >= 4 is 0 Å². The second kappa shape index (κ2) is 6.84. The van der Waals surface area contributed by atoms with E-state index >= 15 is 0 Å². The van der Waals surface area contributed by atoms with Gasteiger partial charge in [0, 0.05) is 43.7 Å². The number of rotatable bonds is 5. The van der Waals surface area contributed by atoms with Crippen LogP contribution in [0.4, 0.5) is 4.39 Å². The molecule has 1 saturated heterocycles. The second-order valence-electron chi connectivity index (χ2n) is 7.21. The number of piperazine rings is 1. The highest BCUT2D eigenvalue weighted by Gasteiger charge is 2.32. The van der Waals surface area contributed by atoms with Crippen LogP contribution in [0, 0.1) is 5.82 Å². The molecule has 1 aliphatic heterocycles. The summed E-state index contributed by atoms with van der Waals surface area (Å²) >= 11 is 0. The predicted octanol–water partition coefficient (Wildman–Crippen LogP) is 3.53. The van der Waals surface area contributed by atoms with Gasteiger partial charge in [-0.05, 0) is 32.8 Å². The van der Waals surface area contributed by atoms with Crippen LogP contribution in [0.5, 0.6) is 0 Å². The van der Waals surface area contributed by atoms with E-state index < -0.39 is 0 Å². The Hall–Kier alpha value is -1.79. The van der Waals surface area contributed by atoms with Crippen molar-refractivity contribution in [2.45, 2.75) is 44.7 Å². The summed E-state index contributed by atoms with van der Waals surface area (Å²) in [6, 6.07) is 7.28. The largest absolute Gasteiger partial charge is 0.338 e. The summed E-state index contributed by atoms with van der Waals surface area (Å²) in [5.41, 5.74) is 0.773. The lowest BCUT2D eigenvalue weighted by molar-refractivity contribution is 0.0669. The van der Waals surface area contributed by atoms with Gasteiger partial charge in [-0.2, -0.15) is 4.98 Å². The van der Waals surface area contributed by atoms with Crippen LogP contribution >= 0.6 is 0 Å². The standard InChI is InChI=1S/C19H25FN4O/c1-13(16-5-3-4-6-17(16)20)23-9-11-24(12-10-23)14(2)19-21-18(22-25-19)15-7-8-15/h3-6,13-15H,7-12H2,1-2H3/t13-,14-/m1/s1. The van der Waals surface area contributed by atoms with Crippen LogP contribution in [0.2, 0.25) is 0 Å². The summed E-state index contributed by atoms with van der Waals surface area (Å²) in [7, 11) is 0. The highest BCUT2D eigenvalue weighted by molar-refractivity contribution is 5.20. The lowest BCUT2D eigenvalue weighted by Gasteiger charge is -2.39. The van der Waals surface area contributed by atoms with Gasteiger partial charge in [0.25, 0.3) is 0 Å². The van der Waals surface area contributed by atoms with Crippen molar-refractivity contribution < 1.29 is 8.91 Å². The Morgan fingerprint density at radius 1 is 1.04 bits per heavy atom. The number of halogens is 1. The molecule has 1 aromatic heterocycles. The summed E-state index contributed by atoms with van der Waals surface area (Å²) in [5, 5.41) is 4.12. The van der Waals surface area contributed by atoms with Gasteiger partial charge in [0.1, 0.15) is 5.82 Å². The summed E-state index contributed by atoms with van der Waals surface area (Å²) in [4.78, 5) is 9.29. The van der Waals surface area contributed by atoms with Gasteiger partial charge >= 0.3 is 0 Å². The highest BCUT2D eigenvalue weighted by Crippen LogP contribution is 2.38. The zero-order valence-corrected chi connectivity index (χ0v) is 14.9. The molecule has 134 valence electrons. The summed E-state index contributed by atoms with van der Waals surface area (Å²) < 4.78 is 19.5. The maximum absolute atomic E-state index is 14.0. The van der Waals surface area contributed by atoms with Gasteiger partial charge in [-0.25, -0.2) is 4.39 Å². The molecule has 0 spiro atoms. The average molecular weight is 344 g/mol. The SMILES string of the molecule is C[C@H](c1nc(C2CC2)no1)N1CCN([C@H](C)c2ccccc2F)CC1. The normalized spacial score (nSPS) is 22.0. The van der Waals surface area contributed by atoms with Crippen LogP contribution in [0.15, 0.2) is 28.8 Å². The predicted molar refractivity (Wildman–Crippen MR) is 92.6 cm³/mol. The third-order valence-corrected chi connectivity index (χ3v) is 5.56. The zero-order chi connectivity index (χ0) is 17.4. The van der Waals surface area contributed by atoms with Gasteiger partial charge in [0.15, 0.2) is 5.82 Å². The van der Waals surface area contributed by atoms with Crippen LogP contribution in [-0.4, -0.2) is 46.1 Å². The van der Waals surface area contributed by atoms with Crippen molar-refractivity contribution in [1.29, 1.82) is 0 Å². The van der Waals surface area contributed by atoms with E-state index in [4.69, 9.17) is 4.52 Å². The molecule has 1 aliphatic carbocycles. The minimum atomic E-state index is -0.121. The lowest BCUT2D eigenvalue weighted by atomic mass is 10.1. The minimum Gasteiger partial charge on any atom is -0.338 e. The fourth-order valence-corrected chi connectivity index (χ4v) is 3.60. The van der Waals surface area contributed by atoms with Gasteiger partial charge in [-0.3, -0.25) is 9.80 Å². The highest BCUT2D eigenvalue weighted by atomic mass is 19.1. The van der Waals surface area contributed by atoms with E-state index in [1.54, 1.807) is 6.07 Å². The van der Waals surface area contributed by atoms with E-state index in [2.05, 4.69) is 33.8 Å². The van der Waals surface area contributed by atoms with Crippen LogP contribution in [-0.2, 0) is 0 Å². The molecule has 2 fully saturated rings. The summed E-state index contributed by atoms with van der Waals surface area (Å²) in [6.07, 6.45) is 2.36. The number of nitrogens with zero attached hydrogens (tertiary/aromatic N) is 4. The fourth-order valence-electron chi connectivity index (χ4n) is 3.60. The molecule has 25 heavy (non-hydrogen) atoms. The molecule has 0 amide bonds. The Morgan fingerprint density at radius 2 is 1.68 bits per heavy atom. The molecule has 4 rings (SSSR count). The Bertz CT molecular complexity index is 722. The number of aromatic nitrogens is 2. The minimum absolute atomic E-state index is 0.0866. The molecule has 2 aliphatic rings. The molecular weight excluding hydrogens is 319 g/mol. The van der Waals surface area contributed by atoms with Crippen LogP contribution < -0.4 is 0 Å². The average Bonchev–Trinajstić information content (AvgIpc) is 3.38. The van der Waals surface area contributed by atoms with Gasteiger partial charge < -0.3 is 4.52 Å². The van der Waals surface area contributed by atoms with Crippen molar-refractivity contribution in [3.8, 4) is 0 Å². The van der Waals surface area contributed by atoms with E-state index in [0.717, 1.165) is 43.5 Å². The first-order valence-electron chi connectivity index (χ1n) is 9.19. The first-order valence-corrected chi connectivity index (χ1v) is 9.19. The van der Waals surface area contributed by atoms with E-state index in [0.29, 0.717) is 5.92 Å². The first-order chi connectivity index (χ1) is 12.1. The Labute approximate surface area is 147 Å². The van der Waals surface area contributed by atoms with Gasteiger partial charge in [0.05, 0.1) is 6.04 Å². The van der Waals surface area contributed by atoms with Crippen LogP contribution in [0.3, 0.4) is 0 Å². The molecule has 2 aromatic rings. The molecule has 6 heteroatoms. The zero-order valence-electron chi connectivity index (χ0n) is 14.9. The molecule has 0 N–H and O–H groups in total. The Balaban J connectivity index is 1.36. The van der Waals surface area contributed by atoms with Crippen molar-refractivity contribution in [3.63, 3.8) is 0 Å². The number of benzene rings is 1. The molecule has 0 unspecified atom stereocenters. The van der Waals surface area contributed by atoms with Crippen molar-refractivity contribution in [3.05, 3.63) is 47.4 Å². The van der Waals surface area contributed by atoms with E-state index in [-0.39, 0.29) is 17.9 Å². The molecule has 1 aromatic carbocycles. The molecule has 0 radical (unpaired) electrons. The fraction of sp³-hybridized carbons (Fsp3) is 0.579. The smallest absolute Gasteiger partial charge is 0.243 e. The maximum Gasteiger partial charge on any atom is 0.243 e. The van der Waals surface area contributed by atoms with Crippen molar-refractivity contribution in [2.24, 2.45) is 0 Å². The second-order valence-corrected chi connectivity index (χ2v) is 7.21. The number of hydrogen-bond donors (Lipinski definition) is 0. The van der Waals surface area contributed by atoms with E-state index in [1.165, 1.54) is 18.9 Å². The van der Waals surface area contributed by atoms with Gasteiger partial charge in [0.2, 0.25) is 5.89 Å². The van der Waals surface area contributed by atoms with Crippen LogP contribution in [0.1, 0.15) is 62.0 Å². The maximum atomic E-state index is 14.0. The van der Waals surface area contributed by atoms with E-state index in [1.807, 2.05) is 12.1 Å². The lowest BCUT2D eigenvalue weighted by Crippen LogP contribution is -2.47. The van der Waals surface area contributed by atoms with Crippen molar-refractivity contribution in [2.75, 3.05) is 26.2 Å². The van der Waals surface area contributed by atoms with Crippen LogP contribution in [0.25, 0.3) is 0 Å². The first kappa shape index (κ1) is 16.7. The molecule has 1 saturated carbocycles. The number of hydrogen-bond acceptors (Lipinski definition) is 5. The van der Waals surface area contributed by atoms with Crippen molar-refractivity contribution in [1.82, 2.24) is 19.9 Å². The Kier molecular flexibility index (Phi) is 4.56. The molecule has 0 bridgehead atoms. The van der Waals surface area contributed by atoms with Gasteiger partial charge in [-0.1, -0.05) is 23.4 Å². The molecule has 2 atom stereocenters. The Morgan fingerprint density at radius 3 is 2.32 bits per heavy atom. The molecule has 5 nitrogen and oxygen atoms in total. The third-order valence-electron chi connectivity index (χ3n) is 5.56. The molecule has 2 heterocycles. The topological polar surface area (TPSA) is 45.4 Å². The summed E-state index contributed by atoms with van der Waals surface area (Å²) in [5.74, 6) is 1.98. The quantitative estimate of drug-likeness (QED) is 0.830. The third kappa shape index (κ3) is 3.46. The van der Waals surface area contributed by atoms with E-state index in [9.17, 15) is 4.39 Å². The van der Waals surface area contributed by atoms with Gasteiger partial charge in [-0.15, -0.1) is 0 Å².